The summed E-state index contributed by atoms with van der Waals surface area (Å²) in [5.74, 6) is -1.40. The van der Waals surface area contributed by atoms with Crippen LogP contribution in [0.3, 0.4) is 0 Å². The molecule has 2 aliphatic heterocycles. The highest BCUT2D eigenvalue weighted by Crippen LogP contribution is 2.37. The molecule has 2 amide bonds. The Morgan fingerprint density at radius 2 is 1.93 bits per heavy atom. The van der Waals surface area contributed by atoms with Crippen molar-refractivity contribution in [2.75, 3.05) is 30.0 Å². The summed E-state index contributed by atoms with van der Waals surface area (Å²) >= 11 is 2.01. The second-order valence-electron chi connectivity index (χ2n) is 6.68. The van der Waals surface area contributed by atoms with Gasteiger partial charge < -0.3 is 4.74 Å². The van der Waals surface area contributed by atoms with E-state index in [2.05, 4.69) is 4.98 Å². The van der Waals surface area contributed by atoms with Crippen molar-refractivity contribution in [3.05, 3.63) is 45.0 Å². The van der Waals surface area contributed by atoms with Crippen molar-refractivity contribution in [2.24, 2.45) is 0 Å². The number of carbonyl (C=O) groups is 2. The quantitative estimate of drug-likeness (QED) is 0.479. The maximum atomic E-state index is 14.6. The third-order valence-electron chi connectivity index (χ3n) is 5.02. The van der Waals surface area contributed by atoms with Crippen molar-refractivity contribution in [3.63, 3.8) is 0 Å². The molecule has 0 radical (unpaired) electrons. The molecular formula is C19H16F2IN3O3. The van der Waals surface area contributed by atoms with Gasteiger partial charge in [-0.25, -0.2) is 13.8 Å². The molecule has 0 bridgehead atoms. The van der Waals surface area contributed by atoms with Crippen molar-refractivity contribution in [2.45, 2.75) is 18.8 Å². The molecule has 2 fully saturated rings. The lowest BCUT2D eigenvalue weighted by molar-refractivity contribution is -0.122. The second kappa shape index (κ2) is 7.26. The number of rotatable bonds is 4. The summed E-state index contributed by atoms with van der Waals surface area (Å²) in [6.07, 6.45) is 0.474. The summed E-state index contributed by atoms with van der Waals surface area (Å²) in [5.41, 5.74) is 0.409. The minimum absolute atomic E-state index is 0.0489. The van der Waals surface area contributed by atoms with Crippen LogP contribution >= 0.6 is 22.6 Å². The predicted octanol–water partition coefficient (Wildman–Crippen LogP) is 3.23. The molecule has 2 saturated heterocycles. The van der Waals surface area contributed by atoms with Gasteiger partial charge in [0, 0.05) is 47.0 Å². The first kappa shape index (κ1) is 19.0. The second-order valence-corrected chi connectivity index (χ2v) is 7.84. The van der Waals surface area contributed by atoms with Gasteiger partial charge in [-0.1, -0.05) is 0 Å². The van der Waals surface area contributed by atoms with Gasteiger partial charge in [-0.2, -0.15) is 0 Å². The van der Waals surface area contributed by atoms with E-state index in [1.54, 1.807) is 6.07 Å². The lowest BCUT2D eigenvalue weighted by Crippen LogP contribution is -2.44. The van der Waals surface area contributed by atoms with E-state index < -0.39 is 17.6 Å². The maximum absolute atomic E-state index is 14.6. The van der Waals surface area contributed by atoms with Gasteiger partial charge >= 0.3 is 0 Å². The summed E-state index contributed by atoms with van der Waals surface area (Å²) in [6, 6.07) is 5.59. The van der Waals surface area contributed by atoms with Gasteiger partial charge in [0.2, 0.25) is 11.8 Å². The molecule has 1 atom stereocenters. The van der Waals surface area contributed by atoms with Crippen molar-refractivity contribution in [3.8, 4) is 5.75 Å². The SMILES string of the molecule is COc1cc(F)c([C@H]2CC(=O)N(c3nc(N4CCC4=O)ccc3F)C2)c(I)c1. The van der Waals surface area contributed by atoms with Crippen molar-refractivity contribution in [1.82, 2.24) is 4.98 Å². The molecule has 0 spiro atoms. The fourth-order valence-electron chi connectivity index (χ4n) is 3.49. The van der Waals surface area contributed by atoms with Gasteiger partial charge in [-0.3, -0.25) is 19.4 Å². The zero-order chi connectivity index (χ0) is 20.0. The summed E-state index contributed by atoms with van der Waals surface area (Å²) < 4.78 is 34.7. The zero-order valence-corrected chi connectivity index (χ0v) is 17.1. The smallest absolute Gasteiger partial charge is 0.229 e. The van der Waals surface area contributed by atoms with E-state index in [0.717, 1.165) is 0 Å². The van der Waals surface area contributed by atoms with E-state index in [-0.39, 0.29) is 30.6 Å². The van der Waals surface area contributed by atoms with E-state index in [1.165, 1.54) is 35.1 Å². The Labute approximate surface area is 173 Å². The van der Waals surface area contributed by atoms with Gasteiger partial charge in [-0.05, 0) is 40.8 Å². The van der Waals surface area contributed by atoms with Crippen LogP contribution in [0.25, 0.3) is 0 Å². The van der Waals surface area contributed by atoms with Crippen LogP contribution in [0.4, 0.5) is 20.4 Å². The number of benzene rings is 1. The number of ether oxygens (including phenoxy) is 1. The van der Waals surface area contributed by atoms with E-state index in [1.807, 2.05) is 22.6 Å². The number of methoxy groups -OCH3 is 1. The van der Waals surface area contributed by atoms with Gasteiger partial charge in [-0.15, -0.1) is 0 Å². The number of halogens is 3. The van der Waals surface area contributed by atoms with E-state index in [9.17, 15) is 18.4 Å². The summed E-state index contributed by atoms with van der Waals surface area (Å²) in [6.45, 7) is 0.627. The first-order chi connectivity index (χ1) is 13.4. The lowest BCUT2D eigenvalue weighted by Gasteiger charge is -2.30. The third kappa shape index (κ3) is 3.21. The van der Waals surface area contributed by atoms with Crippen LogP contribution in [0.1, 0.15) is 24.3 Å². The molecule has 1 aromatic heterocycles. The Morgan fingerprint density at radius 3 is 2.54 bits per heavy atom. The normalized spacial score (nSPS) is 19.2. The topological polar surface area (TPSA) is 62.7 Å². The average molecular weight is 499 g/mol. The molecule has 0 aliphatic carbocycles. The molecule has 2 aromatic rings. The standard InChI is InChI=1S/C19H16F2IN3O3/c1-28-11-7-13(21)18(14(22)8-11)10-6-17(27)25(9-10)19-12(20)2-3-15(23-19)24-5-4-16(24)26/h2-3,7-8,10H,4-6,9H2,1H3/t10-/m0/s1. The zero-order valence-electron chi connectivity index (χ0n) is 14.9. The number of nitrogens with zero attached hydrogens (tertiary/aromatic N) is 3. The number of amides is 2. The van der Waals surface area contributed by atoms with Crippen LogP contribution in [-0.2, 0) is 9.59 Å². The number of hydrogen-bond donors (Lipinski definition) is 0. The number of β-lactam (4-membered cyclic amide) rings is 1. The minimum atomic E-state index is -0.657. The Bertz CT molecular complexity index is 962. The van der Waals surface area contributed by atoms with Crippen LogP contribution in [0.15, 0.2) is 24.3 Å². The summed E-state index contributed by atoms with van der Waals surface area (Å²) in [5, 5.41) is 0. The van der Waals surface area contributed by atoms with Crippen LogP contribution < -0.4 is 14.5 Å². The highest BCUT2D eigenvalue weighted by Gasteiger charge is 2.37. The molecule has 0 N–H and O–H groups in total. The first-order valence-electron chi connectivity index (χ1n) is 8.69. The van der Waals surface area contributed by atoms with Crippen LogP contribution in [0.2, 0.25) is 0 Å². The van der Waals surface area contributed by atoms with Gasteiger partial charge in [0.05, 0.1) is 7.11 Å². The van der Waals surface area contributed by atoms with E-state index in [0.29, 0.717) is 33.7 Å². The molecular weight excluding hydrogens is 483 g/mol. The highest BCUT2D eigenvalue weighted by atomic mass is 127. The number of pyridine rings is 1. The molecule has 2 aliphatic rings. The van der Waals surface area contributed by atoms with Crippen molar-refractivity contribution >= 4 is 46.0 Å². The third-order valence-corrected chi connectivity index (χ3v) is 5.91. The van der Waals surface area contributed by atoms with Crippen molar-refractivity contribution in [1.29, 1.82) is 0 Å². The fourth-order valence-corrected chi connectivity index (χ4v) is 4.50. The largest absolute Gasteiger partial charge is 0.497 e. The van der Waals surface area contributed by atoms with Gasteiger partial charge in [0.25, 0.3) is 0 Å². The summed E-state index contributed by atoms with van der Waals surface area (Å²) in [7, 11) is 1.45. The van der Waals surface area contributed by atoms with Crippen LogP contribution in [-0.4, -0.2) is 37.0 Å². The monoisotopic (exact) mass is 499 g/mol. The van der Waals surface area contributed by atoms with Gasteiger partial charge in [0.15, 0.2) is 11.6 Å². The first-order valence-corrected chi connectivity index (χ1v) is 9.77. The predicted molar refractivity (Wildman–Crippen MR) is 107 cm³/mol. The molecule has 3 heterocycles. The Morgan fingerprint density at radius 1 is 1.14 bits per heavy atom. The average Bonchev–Trinajstić information content (AvgIpc) is 3.02. The van der Waals surface area contributed by atoms with Crippen LogP contribution in [0.5, 0.6) is 5.75 Å². The Hall–Kier alpha value is -2.30. The van der Waals surface area contributed by atoms with E-state index >= 15 is 0 Å². The molecule has 1 aromatic carbocycles. The Kier molecular flexibility index (Phi) is 4.94. The minimum Gasteiger partial charge on any atom is -0.497 e. The lowest BCUT2D eigenvalue weighted by atomic mass is 9.97. The number of aromatic nitrogens is 1. The highest BCUT2D eigenvalue weighted by molar-refractivity contribution is 14.1. The summed E-state index contributed by atoms with van der Waals surface area (Å²) in [4.78, 5) is 31.1. The maximum Gasteiger partial charge on any atom is 0.229 e. The Balaban J connectivity index is 1.64. The number of anilines is 2. The molecule has 6 nitrogen and oxygen atoms in total. The molecule has 146 valence electrons. The molecule has 0 saturated carbocycles. The molecule has 9 heteroatoms. The van der Waals surface area contributed by atoms with Gasteiger partial charge in [0.1, 0.15) is 17.4 Å². The molecule has 28 heavy (non-hydrogen) atoms. The van der Waals surface area contributed by atoms with Crippen LogP contribution in [0, 0.1) is 15.2 Å². The fraction of sp³-hybridized carbons (Fsp3) is 0.316. The van der Waals surface area contributed by atoms with Crippen molar-refractivity contribution < 1.29 is 23.1 Å². The van der Waals surface area contributed by atoms with E-state index in [4.69, 9.17) is 4.74 Å². The number of hydrogen-bond acceptors (Lipinski definition) is 4. The number of carbonyl (C=O) groups excluding carboxylic acids is 2. The molecule has 0 unspecified atom stereocenters. The molecule has 4 rings (SSSR count).